The van der Waals surface area contributed by atoms with Gasteiger partial charge in [0.2, 0.25) is 0 Å². The molecule has 0 saturated carbocycles. The second-order valence-electron chi connectivity index (χ2n) is 2.98. The fourth-order valence-corrected chi connectivity index (χ4v) is 0.725. The molecule has 0 spiro atoms. The number of amides is 1. The Morgan fingerprint density at radius 2 is 1.89 bits per heavy atom. The Morgan fingerprint density at radius 3 is 2.17 bits per heavy atom. The van der Waals surface area contributed by atoms with Crippen molar-refractivity contribution in [1.82, 2.24) is 0 Å². The van der Waals surface area contributed by atoms with E-state index < -0.39 is 4.92 Å². The number of nitrogens with zero attached hydrogens (tertiary/aromatic N) is 1. The van der Waals surface area contributed by atoms with Crippen molar-refractivity contribution < 1.29 is 35.6 Å². The summed E-state index contributed by atoms with van der Waals surface area (Å²) in [4.78, 5) is 29.2. The monoisotopic (exact) mass is 420 g/mol. The minimum absolute atomic E-state index is 0. The van der Waals surface area contributed by atoms with Crippen LogP contribution in [-0.4, -0.2) is 17.1 Å². The number of Topliss-reactive ketones (excluding diaryl/α,β-unsaturated/α-hetero) is 1. The van der Waals surface area contributed by atoms with Crippen LogP contribution in [0.3, 0.4) is 0 Å². The molecule has 0 heterocycles. The first-order chi connectivity index (χ1) is 8.01. The van der Waals surface area contributed by atoms with Crippen LogP contribution in [-0.2, 0) is 30.7 Å². The molecule has 0 aliphatic rings. The van der Waals surface area contributed by atoms with Gasteiger partial charge in [0.05, 0.1) is 17.1 Å². The summed E-state index contributed by atoms with van der Waals surface area (Å²) < 4.78 is 0. The van der Waals surface area contributed by atoms with Crippen LogP contribution in [0.1, 0.15) is 13.3 Å². The number of hydrogen-bond acceptors (Lipinski definition) is 4. The third-order valence-corrected chi connectivity index (χ3v) is 1.63. The summed E-state index contributed by atoms with van der Waals surface area (Å²) in [6.07, 6.45) is 1.88. The van der Waals surface area contributed by atoms with E-state index in [1.54, 1.807) is 0 Å². The molecule has 0 atom stereocenters. The number of carbonyl (C=O) groups is 1. The van der Waals surface area contributed by atoms with Gasteiger partial charge in [-0.3, -0.25) is 10.1 Å². The molecule has 0 fully saturated rings. The maximum atomic E-state index is 10.2. The maximum absolute atomic E-state index is 10.2. The molecule has 0 unspecified atom stereocenters. The van der Waals surface area contributed by atoms with Gasteiger partial charge in [0, 0.05) is 12.1 Å². The number of rotatable bonds is 4. The van der Waals surface area contributed by atoms with Crippen molar-refractivity contribution in [2.24, 2.45) is 0 Å². The van der Waals surface area contributed by atoms with E-state index in [9.17, 15) is 19.7 Å². The third-order valence-electron chi connectivity index (χ3n) is 1.63. The summed E-state index contributed by atoms with van der Waals surface area (Å²) in [5, 5.41) is 12.4. The van der Waals surface area contributed by atoms with E-state index in [0.29, 0.717) is 12.1 Å². The first kappa shape index (κ1) is 18.8. The largest absolute Gasteiger partial charge is 2.00 e. The minimum Gasteiger partial charge on any atom is -0.490 e. The summed E-state index contributed by atoms with van der Waals surface area (Å²) in [5.74, 6) is 0.144. The van der Waals surface area contributed by atoms with Crippen molar-refractivity contribution in [3.63, 3.8) is 0 Å². The zero-order valence-corrected chi connectivity index (χ0v) is 12.6. The van der Waals surface area contributed by atoms with Crippen LogP contribution < -0.4 is 5.32 Å². The Morgan fingerprint density at radius 1 is 1.44 bits per heavy atom. The Hall–Kier alpha value is -1.55. The molecule has 0 saturated heterocycles. The molecule has 0 aliphatic carbocycles. The second-order valence-corrected chi connectivity index (χ2v) is 2.98. The van der Waals surface area contributed by atoms with Crippen molar-refractivity contribution in [3.05, 3.63) is 41.3 Å². The Balaban J connectivity index is 0. The normalized spacial score (nSPS) is 8.11. The molecule has 6 nitrogen and oxygen atoms in total. The number of ketones is 1. The average molecular weight is 420 g/mol. The van der Waals surface area contributed by atoms with Crippen molar-refractivity contribution in [3.8, 4) is 0 Å². The van der Waals surface area contributed by atoms with Crippen LogP contribution in [0.15, 0.2) is 24.3 Å². The summed E-state index contributed by atoms with van der Waals surface area (Å²) >= 11 is 0. The van der Waals surface area contributed by atoms with Crippen LogP contribution >= 0.6 is 0 Å². The molecule has 0 bridgehead atoms. The molecule has 96 valence electrons. The standard InChI is InChI=1S/C7H5N2O3.C4H7O.W/c10-5-8-6-1-3-7(4-2-6)9(11)12;1-3-4(2)5;/h1-4H,(H,8,10);1,3H2,2H3;/q2*-1;+2. The van der Waals surface area contributed by atoms with E-state index in [4.69, 9.17) is 0 Å². The van der Waals surface area contributed by atoms with Gasteiger partial charge >= 0.3 is 21.1 Å². The van der Waals surface area contributed by atoms with Crippen LogP contribution in [0.4, 0.5) is 11.4 Å². The smallest absolute Gasteiger partial charge is 0.490 e. The quantitative estimate of drug-likeness (QED) is 0.349. The summed E-state index contributed by atoms with van der Waals surface area (Å²) in [5.41, 5.74) is 0.474. The van der Waals surface area contributed by atoms with Crippen molar-refractivity contribution in [2.75, 3.05) is 5.32 Å². The Bertz CT molecular complexity index is 393. The summed E-state index contributed by atoms with van der Waals surface area (Å²) in [6, 6.07) is 5.48. The minimum atomic E-state index is -0.506. The summed E-state index contributed by atoms with van der Waals surface area (Å²) in [7, 11) is 0. The number of nitro groups is 1. The van der Waals surface area contributed by atoms with Gasteiger partial charge in [-0.05, 0) is 6.92 Å². The van der Waals surface area contributed by atoms with E-state index >= 15 is 0 Å². The van der Waals surface area contributed by atoms with Gasteiger partial charge in [-0.15, -0.1) is 24.2 Å². The number of anilines is 1. The van der Waals surface area contributed by atoms with Crippen LogP contribution in [0.25, 0.3) is 0 Å². The van der Waals surface area contributed by atoms with Gasteiger partial charge in [-0.1, -0.05) is 0 Å². The van der Waals surface area contributed by atoms with Gasteiger partial charge in [0.1, 0.15) is 0 Å². The Labute approximate surface area is 119 Å². The number of nitrogens with one attached hydrogen (secondary N) is 1. The molecule has 1 amide bonds. The maximum Gasteiger partial charge on any atom is 2.00 e. The third kappa shape index (κ3) is 8.58. The molecule has 0 aliphatic heterocycles. The molecule has 0 radical (unpaired) electrons. The molecular weight excluding hydrogens is 408 g/mol. The van der Waals surface area contributed by atoms with E-state index in [0.717, 1.165) is 0 Å². The number of carbonyl (C=O) groups excluding carboxylic acids is 2. The molecule has 1 aromatic rings. The van der Waals surface area contributed by atoms with Gasteiger partial charge < -0.3 is 21.8 Å². The van der Waals surface area contributed by atoms with Crippen LogP contribution in [0.2, 0.25) is 0 Å². The first-order valence-corrected chi connectivity index (χ1v) is 4.67. The van der Waals surface area contributed by atoms with E-state index in [-0.39, 0.29) is 32.5 Å². The zero-order chi connectivity index (χ0) is 13.3. The van der Waals surface area contributed by atoms with E-state index in [1.807, 2.05) is 0 Å². The second kappa shape index (κ2) is 10.6. The Kier molecular flexibility index (Phi) is 11.1. The zero-order valence-electron chi connectivity index (χ0n) is 9.71. The van der Waals surface area contributed by atoms with Crippen molar-refractivity contribution in [2.45, 2.75) is 13.3 Å². The molecule has 1 aromatic carbocycles. The molecule has 7 heteroatoms. The van der Waals surface area contributed by atoms with Gasteiger partial charge in [-0.25, -0.2) is 0 Å². The fraction of sp³-hybridized carbons (Fsp3) is 0.182. The fourth-order valence-electron chi connectivity index (χ4n) is 0.725. The SMILES string of the molecule is O=[C-]Nc1ccc([N+](=O)[O-])cc1.[CH2-]CC(C)=O.[W+2]. The van der Waals surface area contributed by atoms with Crippen LogP contribution in [0, 0.1) is 17.0 Å². The van der Waals surface area contributed by atoms with Gasteiger partial charge in [0.15, 0.2) is 0 Å². The van der Waals surface area contributed by atoms with Gasteiger partial charge in [-0.2, -0.15) is 0 Å². The molecular formula is C11H12N2O4W. The molecule has 1 rings (SSSR count). The van der Waals surface area contributed by atoms with Crippen molar-refractivity contribution >= 4 is 23.6 Å². The molecule has 18 heavy (non-hydrogen) atoms. The first-order valence-electron chi connectivity index (χ1n) is 4.67. The predicted molar refractivity (Wildman–Crippen MR) is 63.1 cm³/mol. The van der Waals surface area contributed by atoms with Gasteiger partial charge in [0.25, 0.3) is 5.69 Å². The van der Waals surface area contributed by atoms with E-state index in [1.165, 1.54) is 37.6 Å². The summed E-state index contributed by atoms with van der Waals surface area (Å²) in [6.45, 7) is 4.86. The molecule has 1 N–H and O–H groups in total. The number of benzene rings is 1. The van der Waals surface area contributed by atoms with Crippen molar-refractivity contribution in [1.29, 1.82) is 0 Å². The number of non-ortho nitro benzene ring substituents is 1. The number of nitro benzene ring substituents is 1. The van der Waals surface area contributed by atoms with E-state index in [2.05, 4.69) is 12.2 Å². The number of hydrogen-bond donors (Lipinski definition) is 1. The molecule has 0 aromatic heterocycles. The topological polar surface area (TPSA) is 89.3 Å². The van der Waals surface area contributed by atoms with Crippen LogP contribution in [0.5, 0.6) is 0 Å². The predicted octanol–water partition coefficient (Wildman–Crippen LogP) is 1.87. The average Bonchev–Trinajstić information content (AvgIpc) is 2.31.